The normalized spacial score (nSPS) is 11.2. The van der Waals surface area contributed by atoms with Crippen molar-refractivity contribution in [1.82, 2.24) is 14.9 Å². The number of aliphatic hydroxyl groups is 1. The predicted octanol–water partition coefficient (Wildman–Crippen LogP) is 4.06. The first-order valence-corrected chi connectivity index (χ1v) is 9.21. The lowest BCUT2D eigenvalue weighted by Gasteiger charge is -2.10. The molecule has 0 aliphatic heterocycles. The van der Waals surface area contributed by atoms with Gasteiger partial charge in [0.1, 0.15) is 0 Å². The van der Waals surface area contributed by atoms with Gasteiger partial charge in [0.05, 0.1) is 17.8 Å². The van der Waals surface area contributed by atoms with Crippen LogP contribution in [0.1, 0.15) is 11.1 Å². The van der Waals surface area contributed by atoms with Crippen molar-refractivity contribution >= 4 is 5.52 Å². The summed E-state index contributed by atoms with van der Waals surface area (Å²) in [5.74, 6) is 0. The van der Waals surface area contributed by atoms with E-state index in [-0.39, 0.29) is 6.61 Å². The van der Waals surface area contributed by atoms with Crippen molar-refractivity contribution in [2.24, 2.45) is 0 Å². The molecule has 0 spiro atoms. The molecule has 2 aromatic heterocycles. The van der Waals surface area contributed by atoms with Crippen LogP contribution in [0.2, 0.25) is 0 Å². The molecule has 136 valence electrons. The molecule has 0 aliphatic rings. The quantitative estimate of drug-likeness (QED) is 0.512. The van der Waals surface area contributed by atoms with Crippen LogP contribution in [0.3, 0.4) is 0 Å². The van der Waals surface area contributed by atoms with Gasteiger partial charge in [-0.25, -0.2) is 4.52 Å². The molecule has 0 bridgehead atoms. The Morgan fingerprint density at radius 1 is 0.963 bits per heavy atom. The van der Waals surface area contributed by atoms with Gasteiger partial charge in [-0.2, -0.15) is 5.10 Å². The van der Waals surface area contributed by atoms with Gasteiger partial charge in [-0.05, 0) is 41.3 Å². The van der Waals surface area contributed by atoms with Crippen LogP contribution in [0.4, 0.5) is 0 Å². The molecule has 0 aliphatic carbocycles. The lowest BCUT2D eigenvalue weighted by molar-refractivity contribution is 0.292. The summed E-state index contributed by atoms with van der Waals surface area (Å²) >= 11 is 0. The van der Waals surface area contributed by atoms with Crippen LogP contribution in [0.5, 0.6) is 0 Å². The zero-order chi connectivity index (χ0) is 18.6. The third-order valence-corrected chi connectivity index (χ3v) is 4.83. The zero-order valence-corrected chi connectivity index (χ0v) is 15.4. The molecule has 0 fully saturated rings. The number of aliphatic hydroxyl groups excluding tert-OH is 1. The van der Waals surface area contributed by atoms with Crippen LogP contribution in [0.25, 0.3) is 27.9 Å². The van der Waals surface area contributed by atoms with E-state index in [0.717, 1.165) is 22.3 Å². The van der Waals surface area contributed by atoms with Gasteiger partial charge in [-0.1, -0.05) is 54.6 Å². The van der Waals surface area contributed by atoms with Crippen LogP contribution in [0, 0.1) is 6.92 Å². The highest BCUT2D eigenvalue weighted by Gasteiger charge is 2.11. The molecule has 0 unspecified atom stereocenters. The van der Waals surface area contributed by atoms with Crippen molar-refractivity contribution in [3.05, 3.63) is 84.1 Å². The van der Waals surface area contributed by atoms with Crippen LogP contribution in [-0.4, -0.2) is 27.9 Å². The summed E-state index contributed by atoms with van der Waals surface area (Å²) in [6.45, 7) is 3.61. The van der Waals surface area contributed by atoms with E-state index < -0.39 is 0 Å². The number of rotatable bonds is 6. The highest BCUT2D eigenvalue weighted by molar-refractivity contribution is 5.78. The van der Waals surface area contributed by atoms with Gasteiger partial charge in [0.2, 0.25) is 0 Å². The molecule has 4 nitrogen and oxygen atoms in total. The topological polar surface area (TPSA) is 49.6 Å². The average Bonchev–Trinajstić information content (AvgIpc) is 3.12. The van der Waals surface area contributed by atoms with Crippen LogP contribution < -0.4 is 5.32 Å². The van der Waals surface area contributed by atoms with Crippen molar-refractivity contribution in [3.8, 4) is 22.4 Å². The molecule has 0 radical (unpaired) electrons. The minimum Gasteiger partial charge on any atom is -0.395 e. The molecular weight excluding hydrogens is 334 g/mol. The lowest BCUT2D eigenvalue weighted by atomic mass is 9.95. The van der Waals surface area contributed by atoms with E-state index in [4.69, 9.17) is 10.2 Å². The van der Waals surface area contributed by atoms with E-state index in [0.29, 0.717) is 13.1 Å². The van der Waals surface area contributed by atoms with Crippen molar-refractivity contribution in [1.29, 1.82) is 0 Å². The van der Waals surface area contributed by atoms with Crippen molar-refractivity contribution in [2.75, 3.05) is 13.2 Å². The van der Waals surface area contributed by atoms with E-state index in [2.05, 4.69) is 72.9 Å². The van der Waals surface area contributed by atoms with Gasteiger partial charge in [0.15, 0.2) is 0 Å². The largest absolute Gasteiger partial charge is 0.395 e. The lowest BCUT2D eigenvalue weighted by Crippen LogP contribution is -2.17. The van der Waals surface area contributed by atoms with Gasteiger partial charge in [0.25, 0.3) is 0 Å². The number of fused-ring (bicyclic) bond motifs is 1. The van der Waals surface area contributed by atoms with E-state index in [1.807, 2.05) is 16.8 Å². The Morgan fingerprint density at radius 2 is 1.78 bits per heavy atom. The molecule has 4 aromatic rings. The first kappa shape index (κ1) is 17.5. The van der Waals surface area contributed by atoms with Gasteiger partial charge in [-0.15, -0.1) is 0 Å². The molecule has 4 heteroatoms. The summed E-state index contributed by atoms with van der Waals surface area (Å²) in [7, 11) is 0. The van der Waals surface area contributed by atoms with Gasteiger partial charge >= 0.3 is 0 Å². The highest BCUT2D eigenvalue weighted by atomic mass is 16.3. The molecule has 2 N–H and O–H groups in total. The SMILES string of the molecule is Cc1c(-c2ccccc2)cccc1-c1cc2ccc(CNCCO)cn2n1. The number of aromatic nitrogens is 2. The Kier molecular flexibility index (Phi) is 5.01. The third-order valence-electron chi connectivity index (χ3n) is 4.83. The van der Waals surface area contributed by atoms with Crippen LogP contribution in [0.15, 0.2) is 72.9 Å². The molecule has 0 atom stereocenters. The molecule has 0 saturated heterocycles. The maximum absolute atomic E-state index is 8.90. The fourth-order valence-electron chi connectivity index (χ4n) is 3.42. The molecule has 0 amide bonds. The molecule has 2 heterocycles. The zero-order valence-electron chi connectivity index (χ0n) is 15.4. The number of hydrogen-bond donors (Lipinski definition) is 2. The molecule has 27 heavy (non-hydrogen) atoms. The van der Waals surface area contributed by atoms with Gasteiger partial charge < -0.3 is 10.4 Å². The number of benzene rings is 2. The standard InChI is InChI=1S/C23H23N3O/c1-17-21(19-6-3-2-4-7-19)8-5-9-22(17)23-14-20-11-10-18(15-24-12-13-27)16-26(20)25-23/h2-11,14,16,24,27H,12-13,15H2,1H3. The minimum atomic E-state index is 0.144. The summed E-state index contributed by atoms with van der Waals surface area (Å²) in [5, 5.41) is 16.9. The van der Waals surface area contributed by atoms with Crippen molar-refractivity contribution in [2.45, 2.75) is 13.5 Å². The number of pyridine rings is 1. The fraction of sp³-hybridized carbons (Fsp3) is 0.174. The summed E-state index contributed by atoms with van der Waals surface area (Å²) in [6.07, 6.45) is 2.04. The molecular formula is C23H23N3O. The predicted molar refractivity (Wildman–Crippen MR) is 110 cm³/mol. The van der Waals surface area contributed by atoms with E-state index >= 15 is 0 Å². The monoisotopic (exact) mass is 357 g/mol. The molecule has 2 aromatic carbocycles. The average molecular weight is 357 g/mol. The smallest absolute Gasteiger partial charge is 0.0936 e. The summed E-state index contributed by atoms with van der Waals surface area (Å²) < 4.78 is 1.93. The Hall–Kier alpha value is -2.95. The maximum atomic E-state index is 8.90. The molecule has 4 rings (SSSR count). The van der Waals surface area contributed by atoms with E-state index in [9.17, 15) is 0 Å². The third kappa shape index (κ3) is 3.63. The summed E-state index contributed by atoms with van der Waals surface area (Å²) in [5.41, 5.74) is 8.03. The number of nitrogens with one attached hydrogen (secondary N) is 1. The Bertz CT molecular complexity index is 1050. The van der Waals surface area contributed by atoms with Crippen molar-refractivity contribution in [3.63, 3.8) is 0 Å². The highest BCUT2D eigenvalue weighted by Crippen LogP contribution is 2.31. The van der Waals surface area contributed by atoms with E-state index in [1.165, 1.54) is 16.7 Å². The first-order valence-electron chi connectivity index (χ1n) is 9.21. The number of hydrogen-bond acceptors (Lipinski definition) is 3. The second kappa shape index (κ2) is 7.74. The second-order valence-electron chi connectivity index (χ2n) is 6.68. The maximum Gasteiger partial charge on any atom is 0.0936 e. The number of nitrogens with zero attached hydrogens (tertiary/aromatic N) is 2. The summed E-state index contributed by atoms with van der Waals surface area (Å²) in [4.78, 5) is 0. The Balaban J connectivity index is 1.70. The van der Waals surface area contributed by atoms with Crippen LogP contribution in [-0.2, 0) is 6.54 Å². The van der Waals surface area contributed by atoms with Gasteiger partial charge in [0, 0.05) is 24.8 Å². The van der Waals surface area contributed by atoms with E-state index in [1.54, 1.807) is 0 Å². The van der Waals surface area contributed by atoms with Gasteiger partial charge in [-0.3, -0.25) is 0 Å². The first-order chi connectivity index (χ1) is 13.3. The summed E-state index contributed by atoms with van der Waals surface area (Å²) in [6, 6.07) is 23.2. The Labute approximate surface area is 159 Å². The minimum absolute atomic E-state index is 0.144. The fourth-order valence-corrected chi connectivity index (χ4v) is 3.42. The molecule has 0 saturated carbocycles. The second-order valence-corrected chi connectivity index (χ2v) is 6.68. The van der Waals surface area contributed by atoms with Crippen LogP contribution >= 0.6 is 0 Å². The Morgan fingerprint density at radius 3 is 2.59 bits per heavy atom. The van der Waals surface area contributed by atoms with Crippen molar-refractivity contribution < 1.29 is 5.11 Å².